The molecule has 2 rings (SSSR count). The summed E-state index contributed by atoms with van der Waals surface area (Å²) >= 11 is 6.08. The van der Waals surface area contributed by atoms with Gasteiger partial charge in [0.1, 0.15) is 5.82 Å². The molecule has 0 aliphatic rings. The van der Waals surface area contributed by atoms with Gasteiger partial charge < -0.3 is 5.32 Å². The zero-order valence-electron chi connectivity index (χ0n) is 14.5. The van der Waals surface area contributed by atoms with Gasteiger partial charge in [0.25, 0.3) is 0 Å². The monoisotopic (exact) mass is 398 g/mol. The van der Waals surface area contributed by atoms with Crippen LogP contribution in [-0.2, 0) is 14.8 Å². The average molecular weight is 399 g/mol. The largest absolute Gasteiger partial charge is 0.326 e. The average Bonchev–Trinajstić information content (AvgIpc) is 2.56. The summed E-state index contributed by atoms with van der Waals surface area (Å²) in [5, 5.41) is 3.12. The third-order valence-corrected chi connectivity index (χ3v) is 5.39. The summed E-state index contributed by atoms with van der Waals surface area (Å²) in [6.45, 7) is 1.90. The van der Waals surface area contributed by atoms with Gasteiger partial charge in [0.2, 0.25) is 15.9 Å². The molecule has 0 aliphatic heterocycles. The van der Waals surface area contributed by atoms with E-state index in [2.05, 4.69) is 5.32 Å². The van der Waals surface area contributed by atoms with Gasteiger partial charge in [0.15, 0.2) is 0 Å². The van der Waals surface area contributed by atoms with Crippen molar-refractivity contribution in [2.45, 2.75) is 19.8 Å². The minimum atomic E-state index is -3.52. The minimum Gasteiger partial charge on any atom is -0.326 e. The first kappa shape index (κ1) is 20.2. The maximum atomic E-state index is 12.9. The lowest BCUT2D eigenvalue weighted by Crippen LogP contribution is -2.32. The molecule has 0 bridgehead atoms. The number of nitrogens with zero attached hydrogens (tertiary/aromatic N) is 1. The van der Waals surface area contributed by atoms with Gasteiger partial charge in [-0.1, -0.05) is 17.7 Å². The van der Waals surface area contributed by atoms with Gasteiger partial charge >= 0.3 is 0 Å². The van der Waals surface area contributed by atoms with E-state index < -0.39 is 10.0 Å². The summed E-state index contributed by atoms with van der Waals surface area (Å²) < 4.78 is 38.4. The smallest absolute Gasteiger partial charge is 0.232 e. The molecule has 0 atom stereocenters. The summed E-state index contributed by atoms with van der Waals surface area (Å²) in [6, 6.07) is 10.5. The first-order valence-corrected chi connectivity index (χ1v) is 10.2. The molecule has 26 heavy (non-hydrogen) atoms. The van der Waals surface area contributed by atoms with Gasteiger partial charge in [-0.3, -0.25) is 9.10 Å². The second kappa shape index (κ2) is 8.51. The molecular weight excluding hydrogens is 379 g/mol. The molecule has 0 aliphatic carbocycles. The molecule has 5 nitrogen and oxygen atoms in total. The third-order valence-electron chi connectivity index (χ3n) is 3.80. The van der Waals surface area contributed by atoms with Crippen molar-refractivity contribution in [2.24, 2.45) is 0 Å². The fraction of sp³-hybridized carbons (Fsp3) is 0.278. The number of carbonyl (C=O) groups is 1. The van der Waals surface area contributed by atoms with Crippen LogP contribution >= 0.6 is 11.6 Å². The van der Waals surface area contributed by atoms with Crippen molar-refractivity contribution in [3.63, 3.8) is 0 Å². The summed E-state index contributed by atoms with van der Waals surface area (Å²) in [7, 11) is -3.52. The number of nitrogens with one attached hydrogen (secondary N) is 1. The highest BCUT2D eigenvalue weighted by Gasteiger charge is 2.20. The van der Waals surface area contributed by atoms with Crippen LogP contribution in [0.3, 0.4) is 0 Å². The SMILES string of the molecule is Cc1c(Cl)cccc1N(CCCC(=O)Nc1ccc(F)cc1)S(C)(=O)=O. The van der Waals surface area contributed by atoms with E-state index in [4.69, 9.17) is 11.6 Å². The van der Waals surface area contributed by atoms with Crippen LogP contribution in [0, 0.1) is 12.7 Å². The molecule has 0 fully saturated rings. The molecule has 0 unspecified atom stereocenters. The van der Waals surface area contributed by atoms with Crippen molar-refractivity contribution in [2.75, 3.05) is 22.4 Å². The lowest BCUT2D eigenvalue weighted by molar-refractivity contribution is -0.116. The van der Waals surface area contributed by atoms with Crippen LogP contribution in [0.2, 0.25) is 5.02 Å². The van der Waals surface area contributed by atoms with Crippen LogP contribution in [0.4, 0.5) is 15.8 Å². The molecule has 0 aromatic heterocycles. The van der Waals surface area contributed by atoms with E-state index in [0.717, 1.165) is 6.26 Å². The topological polar surface area (TPSA) is 66.5 Å². The number of carbonyl (C=O) groups excluding carboxylic acids is 1. The maximum Gasteiger partial charge on any atom is 0.232 e. The molecule has 8 heteroatoms. The molecule has 2 aromatic carbocycles. The van der Waals surface area contributed by atoms with Crippen LogP contribution in [0.25, 0.3) is 0 Å². The van der Waals surface area contributed by atoms with Crippen molar-refractivity contribution >= 4 is 38.9 Å². The van der Waals surface area contributed by atoms with E-state index in [1.165, 1.54) is 28.6 Å². The van der Waals surface area contributed by atoms with Crippen LogP contribution in [0.1, 0.15) is 18.4 Å². The maximum absolute atomic E-state index is 12.9. The highest BCUT2D eigenvalue weighted by Crippen LogP contribution is 2.28. The second-order valence-electron chi connectivity index (χ2n) is 5.88. The van der Waals surface area contributed by atoms with E-state index in [9.17, 15) is 17.6 Å². The van der Waals surface area contributed by atoms with Gasteiger partial charge in [0, 0.05) is 23.7 Å². The van der Waals surface area contributed by atoms with E-state index in [1.807, 2.05) is 0 Å². The molecule has 0 saturated heterocycles. The molecule has 1 N–H and O–H groups in total. The molecule has 1 amide bonds. The molecule has 2 aromatic rings. The zero-order chi connectivity index (χ0) is 19.3. The number of anilines is 2. The molecule has 140 valence electrons. The van der Waals surface area contributed by atoms with E-state index in [-0.39, 0.29) is 24.7 Å². The molecule has 0 saturated carbocycles. The Balaban J connectivity index is 2.01. The third kappa shape index (κ3) is 5.44. The fourth-order valence-corrected chi connectivity index (χ4v) is 3.66. The quantitative estimate of drug-likeness (QED) is 0.767. The van der Waals surface area contributed by atoms with E-state index in [1.54, 1.807) is 25.1 Å². The Labute approximate surface area is 157 Å². The standard InChI is InChI=1S/C18H20ClFN2O3S/c1-13-16(19)5-3-6-17(13)22(26(2,24)25)12-4-7-18(23)21-15-10-8-14(20)9-11-15/h3,5-6,8-11H,4,7,12H2,1-2H3,(H,21,23). The van der Waals surface area contributed by atoms with Gasteiger partial charge in [-0.25, -0.2) is 12.8 Å². The summed E-state index contributed by atoms with van der Waals surface area (Å²) in [5.74, 6) is -0.656. The second-order valence-corrected chi connectivity index (χ2v) is 8.19. The Kier molecular flexibility index (Phi) is 6.61. The van der Waals surface area contributed by atoms with Gasteiger partial charge in [-0.05, 0) is 55.3 Å². The van der Waals surface area contributed by atoms with Gasteiger partial charge in [0.05, 0.1) is 11.9 Å². The molecule has 0 heterocycles. The number of halogens is 2. The van der Waals surface area contributed by atoms with Crippen LogP contribution in [0.15, 0.2) is 42.5 Å². The molecule has 0 radical (unpaired) electrons. The van der Waals surface area contributed by atoms with Crippen LogP contribution in [0.5, 0.6) is 0 Å². The Morgan fingerprint density at radius 1 is 1.19 bits per heavy atom. The van der Waals surface area contributed by atoms with Crippen molar-refractivity contribution in [1.29, 1.82) is 0 Å². The zero-order valence-corrected chi connectivity index (χ0v) is 16.1. The fourth-order valence-electron chi connectivity index (χ4n) is 2.47. The lowest BCUT2D eigenvalue weighted by atomic mass is 10.2. The summed E-state index contributed by atoms with van der Waals surface area (Å²) in [5.41, 5.74) is 1.65. The van der Waals surface area contributed by atoms with E-state index >= 15 is 0 Å². The van der Waals surface area contributed by atoms with Crippen LogP contribution < -0.4 is 9.62 Å². The van der Waals surface area contributed by atoms with Crippen molar-refractivity contribution < 1.29 is 17.6 Å². The lowest BCUT2D eigenvalue weighted by Gasteiger charge is -2.24. The molecule has 0 spiro atoms. The summed E-state index contributed by atoms with van der Waals surface area (Å²) in [6.07, 6.45) is 1.57. The highest BCUT2D eigenvalue weighted by molar-refractivity contribution is 7.92. The minimum absolute atomic E-state index is 0.128. The number of amides is 1. The van der Waals surface area contributed by atoms with Gasteiger partial charge in [-0.2, -0.15) is 0 Å². The van der Waals surface area contributed by atoms with Crippen molar-refractivity contribution in [3.8, 4) is 0 Å². The predicted molar refractivity (Wildman–Crippen MR) is 103 cm³/mol. The molecular formula is C18H20ClFN2O3S. The predicted octanol–water partition coefficient (Wildman–Crippen LogP) is 3.97. The first-order chi connectivity index (χ1) is 12.2. The Morgan fingerprint density at radius 2 is 1.85 bits per heavy atom. The van der Waals surface area contributed by atoms with Gasteiger partial charge in [-0.15, -0.1) is 0 Å². The Hall–Kier alpha value is -2.12. The highest BCUT2D eigenvalue weighted by atomic mass is 35.5. The number of hydrogen-bond donors (Lipinski definition) is 1. The number of benzene rings is 2. The Morgan fingerprint density at radius 3 is 2.46 bits per heavy atom. The van der Waals surface area contributed by atoms with Crippen molar-refractivity contribution in [1.82, 2.24) is 0 Å². The number of sulfonamides is 1. The summed E-state index contributed by atoms with van der Waals surface area (Å²) in [4.78, 5) is 12.0. The van der Waals surface area contributed by atoms with E-state index in [0.29, 0.717) is 28.4 Å². The van der Waals surface area contributed by atoms with Crippen LogP contribution in [-0.4, -0.2) is 27.1 Å². The normalized spacial score (nSPS) is 11.2. The number of hydrogen-bond acceptors (Lipinski definition) is 3. The number of rotatable bonds is 7. The Bertz CT molecular complexity index is 886. The van der Waals surface area contributed by atoms with Crippen molar-refractivity contribution in [3.05, 3.63) is 58.9 Å². The first-order valence-electron chi connectivity index (χ1n) is 7.97.